The number of rotatable bonds is 7. The van der Waals surface area contributed by atoms with Crippen LogP contribution in [0.25, 0.3) is 16.7 Å². The number of aromatic nitrogens is 2. The van der Waals surface area contributed by atoms with E-state index in [2.05, 4.69) is 24.3 Å². The van der Waals surface area contributed by atoms with Gasteiger partial charge in [-0.2, -0.15) is 0 Å². The van der Waals surface area contributed by atoms with Crippen molar-refractivity contribution >= 4 is 17.0 Å². The van der Waals surface area contributed by atoms with Gasteiger partial charge in [-0.1, -0.05) is 36.4 Å². The van der Waals surface area contributed by atoms with Crippen molar-refractivity contribution in [3.63, 3.8) is 0 Å². The summed E-state index contributed by atoms with van der Waals surface area (Å²) >= 11 is 0. The van der Waals surface area contributed by atoms with Gasteiger partial charge < -0.3 is 4.74 Å². The van der Waals surface area contributed by atoms with Crippen LogP contribution in [0.15, 0.2) is 71.5 Å². The quantitative estimate of drug-likeness (QED) is 0.350. The summed E-state index contributed by atoms with van der Waals surface area (Å²) in [4.78, 5) is 26.0. The van der Waals surface area contributed by atoms with Gasteiger partial charge in [0.15, 0.2) is 0 Å². The fraction of sp³-hybridized carbons (Fsp3) is 0.310. The van der Waals surface area contributed by atoms with E-state index in [4.69, 9.17) is 4.74 Å². The molecule has 2 aliphatic rings. The SMILES string of the molecule is COC(=O)c1cc(C2CC2)ccc1Cc1ccc2c(c1)n(CC1CC1)c(=O)n2-c1ccccc1. The van der Waals surface area contributed by atoms with Crippen molar-refractivity contribution in [2.75, 3.05) is 7.11 Å². The van der Waals surface area contributed by atoms with Gasteiger partial charge in [0.05, 0.1) is 29.4 Å². The Balaban J connectivity index is 1.43. The lowest BCUT2D eigenvalue weighted by Gasteiger charge is -2.11. The molecule has 0 radical (unpaired) electrons. The molecule has 4 aromatic rings. The smallest absolute Gasteiger partial charge is 0.338 e. The van der Waals surface area contributed by atoms with E-state index in [0.717, 1.165) is 34.4 Å². The molecular formula is C29H28N2O3. The minimum atomic E-state index is -0.292. The molecule has 0 saturated heterocycles. The van der Waals surface area contributed by atoms with Crippen LogP contribution < -0.4 is 5.69 Å². The van der Waals surface area contributed by atoms with Gasteiger partial charge in [0.1, 0.15) is 0 Å². The Labute approximate surface area is 198 Å². The Kier molecular flexibility index (Phi) is 5.13. The fourth-order valence-corrected chi connectivity index (χ4v) is 4.91. The first-order chi connectivity index (χ1) is 16.6. The summed E-state index contributed by atoms with van der Waals surface area (Å²) < 4.78 is 8.83. The molecule has 3 aromatic carbocycles. The molecule has 0 aliphatic heterocycles. The average molecular weight is 453 g/mol. The van der Waals surface area contributed by atoms with Crippen LogP contribution in [0, 0.1) is 5.92 Å². The highest BCUT2D eigenvalue weighted by molar-refractivity contribution is 5.91. The summed E-state index contributed by atoms with van der Waals surface area (Å²) in [6.45, 7) is 0.752. The van der Waals surface area contributed by atoms with Crippen LogP contribution >= 0.6 is 0 Å². The number of imidazole rings is 1. The van der Waals surface area contributed by atoms with E-state index in [1.165, 1.54) is 38.4 Å². The van der Waals surface area contributed by atoms with Gasteiger partial charge in [0.25, 0.3) is 0 Å². The maximum atomic E-state index is 13.5. The highest BCUT2D eigenvalue weighted by atomic mass is 16.5. The largest absolute Gasteiger partial charge is 0.465 e. The third-order valence-electron chi connectivity index (χ3n) is 7.13. The maximum absolute atomic E-state index is 13.5. The molecule has 2 saturated carbocycles. The Morgan fingerprint density at radius 1 is 0.941 bits per heavy atom. The lowest BCUT2D eigenvalue weighted by molar-refractivity contribution is 0.0599. The van der Waals surface area contributed by atoms with Crippen molar-refractivity contribution in [1.82, 2.24) is 9.13 Å². The van der Waals surface area contributed by atoms with Crippen molar-refractivity contribution < 1.29 is 9.53 Å². The van der Waals surface area contributed by atoms with E-state index in [9.17, 15) is 9.59 Å². The summed E-state index contributed by atoms with van der Waals surface area (Å²) in [6.07, 6.45) is 5.35. The molecule has 1 heterocycles. The van der Waals surface area contributed by atoms with E-state index >= 15 is 0 Å². The zero-order valence-electron chi connectivity index (χ0n) is 19.4. The first-order valence-corrected chi connectivity index (χ1v) is 12.1. The van der Waals surface area contributed by atoms with E-state index in [1.54, 1.807) is 0 Å². The van der Waals surface area contributed by atoms with Crippen LogP contribution in [0.4, 0.5) is 0 Å². The Hall–Kier alpha value is -3.60. The topological polar surface area (TPSA) is 53.2 Å². The third-order valence-corrected chi connectivity index (χ3v) is 7.13. The number of para-hydroxylation sites is 1. The Morgan fingerprint density at radius 2 is 1.74 bits per heavy atom. The number of esters is 1. The molecule has 5 nitrogen and oxygen atoms in total. The number of carbonyl (C=O) groups excluding carboxylic acids is 1. The predicted octanol–water partition coefficient (Wildman–Crippen LogP) is 5.46. The van der Waals surface area contributed by atoms with Gasteiger partial charge in [-0.25, -0.2) is 9.59 Å². The maximum Gasteiger partial charge on any atom is 0.338 e. The molecule has 0 unspecified atom stereocenters. The molecule has 2 fully saturated rings. The minimum absolute atomic E-state index is 0.00860. The molecule has 0 spiro atoms. The number of hydrogen-bond donors (Lipinski definition) is 0. The van der Waals surface area contributed by atoms with Crippen molar-refractivity contribution in [1.29, 1.82) is 0 Å². The van der Waals surface area contributed by atoms with Crippen molar-refractivity contribution in [3.8, 4) is 5.69 Å². The van der Waals surface area contributed by atoms with Crippen LogP contribution in [0.5, 0.6) is 0 Å². The van der Waals surface area contributed by atoms with Crippen LogP contribution in [-0.2, 0) is 17.7 Å². The predicted molar refractivity (Wildman–Crippen MR) is 133 cm³/mol. The zero-order valence-corrected chi connectivity index (χ0v) is 19.4. The highest BCUT2D eigenvalue weighted by Crippen LogP contribution is 2.41. The summed E-state index contributed by atoms with van der Waals surface area (Å²) in [7, 11) is 1.44. The van der Waals surface area contributed by atoms with Crippen LogP contribution in [0.2, 0.25) is 0 Å². The summed E-state index contributed by atoms with van der Waals surface area (Å²) in [5, 5.41) is 0. The summed E-state index contributed by atoms with van der Waals surface area (Å²) in [6, 6.07) is 22.3. The molecular weight excluding hydrogens is 424 g/mol. The Morgan fingerprint density at radius 3 is 2.44 bits per heavy atom. The molecule has 6 rings (SSSR count). The second kappa shape index (κ2) is 8.32. The molecule has 0 atom stereocenters. The van der Waals surface area contributed by atoms with Crippen LogP contribution in [-0.4, -0.2) is 22.2 Å². The van der Waals surface area contributed by atoms with Crippen molar-refractivity contribution in [3.05, 3.63) is 99.5 Å². The van der Waals surface area contributed by atoms with Gasteiger partial charge in [-0.3, -0.25) is 9.13 Å². The normalized spacial score (nSPS) is 15.6. The van der Waals surface area contributed by atoms with Gasteiger partial charge >= 0.3 is 11.7 Å². The first-order valence-electron chi connectivity index (χ1n) is 12.1. The number of fused-ring (bicyclic) bond motifs is 1. The van der Waals surface area contributed by atoms with Gasteiger partial charge in [0, 0.05) is 6.54 Å². The second-order valence-corrected chi connectivity index (χ2v) is 9.69. The number of ether oxygens (including phenoxy) is 1. The van der Waals surface area contributed by atoms with E-state index in [0.29, 0.717) is 23.8 Å². The molecule has 0 bridgehead atoms. The number of hydrogen-bond acceptors (Lipinski definition) is 3. The monoisotopic (exact) mass is 452 g/mol. The zero-order chi connectivity index (χ0) is 23.2. The highest BCUT2D eigenvalue weighted by Gasteiger charge is 2.27. The van der Waals surface area contributed by atoms with Gasteiger partial charge in [-0.05, 0) is 91.0 Å². The summed E-state index contributed by atoms with van der Waals surface area (Å²) in [5.41, 5.74) is 6.64. The summed E-state index contributed by atoms with van der Waals surface area (Å²) in [5.74, 6) is 0.861. The number of benzene rings is 3. The Bertz CT molecular complexity index is 1440. The van der Waals surface area contributed by atoms with Gasteiger partial charge in [0.2, 0.25) is 0 Å². The lowest BCUT2D eigenvalue weighted by Crippen LogP contribution is -2.23. The standard InChI is InChI=1S/C29H28N2O3/c1-34-28(32)25-17-22(21-10-11-21)12-13-23(25)15-20-9-14-26-27(16-20)30(18-19-7-8-19)29(33)31(26)24-5-3-2-4-6-24/h2-6,9,12-14,16-17,19,21H,7-8,10-11,15,18H2,1H3. The molecule has 1 aromatic heterocycles. The number of methoxy groups -OCH3 is 1. The van der Waals surface area contributed by atoms with Crippen molar-refractivity contribution in [2.45, 2.75) is 44.6 Å². The molecule has 0 amide bonds. The first kappa shape index (κ1) is 21.0. The van der Waals surface area contributed by atoms with Crippen LogP contribution in [0.1, 0.15) is 58.6 Å². The minimum Gasteiger partial charge on any atom is -0.465 e. The van der Waals surface area contributed by atoms with E-state index in [1.807, 2.05) is 51.6 Å². The molecule has 5 heteroatoms. The molecule has 172 valence electrons. The molecule has 0 N–H and O–H groups in total. The molecule has 34 heavy (non-hydrogen) atoms. The molecule has 2 aliphatic carbocycles. The fourth-order valence-electron chi connectivity index (χ4n) is 4.91. The number of nitrogens with zero attached hydrogens (tertiary/aromatic N) is 2. The van der Waals surface area contributed by atoms with Crippen molar-refractivity contribution in [2.24, 2.45) is 5.92 Å². The van der Waals surface area contributed by atoms with E-state index in [-0.39, 0.29) is 11.7 Å². The average Bonchev–Trinajstić information content (AvgIpc) is 3.79. The van der Waals surface area contributed by atoms with E-state index < -0.39 is 0 Å². The second-order valence-electron chi connectivity index (χ2n) is 9.69. The number of carbonyl (C=O) groups is 1. The lowest BCUT2D eigenvalue weighted by atomic mass is 9.96. The van der Waals surface area contributed by atoms with Crippen LogP contribution in [0.3, 0.4) is 0 Å². The van der Waals surface area contributed by atoms with Gasteiger partial charge in [-0.15, -0.1) is 0 Å². The third kappa shape index (κ3) is 3.85.